The molecule has 0 aromatic heterocycles. The van der Waals surface area contributed by atoms with Crippen molar-refractivity contribution in [2.45, 2.75) is 44.8 Å². The predicted molar refractivity (Wildman–Crippen MR) is 95.1 cm³/mol. The lowest BCUT2D eigenvalue weighted by Crippen LogP contribution is -2.47. The number of ether oxygens (including phenoxy) is 1. The molecule has 2 unspecified atom stereocenters. The molecule has 5 nitrogen and oxygen atoms in total. The quantitative estimate of drug-likeness (QED) is 0.796. The molecule has 1 aromatic rings. The van der Waals surface area contributed by atoms with Gasteiger partial charge in [0.1, 0.15) is 0 Å². The molecular formula is C19H30N2O3. The lowest BCUT2D eigenvalue weighted by molar-refractivity contribution is -0.123. The van der Waals surface area contributed by atoms with Gasteiger partial charge in [0.15, 0.2) is 0 Å². The minimum atomic E-state index is -0.442. The Hall–Kier alpha value is -1.43. The first-order valence-corrected chi connectivity index (χ1v) is 8.76. The Labute approximate surface area is 145 Å². The summed E-state index contributed by atoms with van der Waals surface area (Å²) in [5, 5.41) is 13.0. The van der Waals surface area contributed by atoms with Gasteiger partial charge in [-0.1, -0.05) is 29.8 Å². The molecule has 0 aliphatic carbocycles. The van der Waals surface area contributed by atoms with E-state index < -0.39 is 6.10 Å². The molecule has 134 valence electrons. The lowest BCUT2D eigenvalue weighted by Gasteiger charge is -2.33. The summed E-state index contributed by atoms with van der Waals surface area (Å²) >= 11 is 0. The number of nitrogens with one attached hydrogen (secondary N) is 1. The van der Waals surface area contributed by atoms with Crippen molar-refractivity contribution in [1.82, 2.24) is 10.2 Å². The number of hydrogen-bond acceptors (Lipinski definition) is 4. The number of piperidine rings is 1. The van der Waals surface area contributed by atoms with E-state index in [9.17, 15) is 9.90 Å². The van der Waals surface area contributed by atoms with Crippen molar-refractivity contribution in [3.8, 4) is 0 Å². The Morgan fingerprint density at radius 1 is 1.42 bits per heavy atom. The zero-order valence-corrected chi connectivity index (χ0v) is 15.0. The summed E-state index contributed by atoms with van der Waals surface area (Å²) in [6.07, 6.45) is 1.40. The van der Waals surface area contributed by atoms with Gasteiger partial charge in [-0.15, -0.1) is 0 Å². The standard InChI is InChI=1S/C19H30N2O3/c1-14-5-4-6-16(11-14)15(2)19(23)20-17-7-9-21(10-8-17)12-18(22)13-24-3/h4-6,11,15,17-18,22H,7-10,12-13H2,1-3H3,(H,20,23). The van der Waals surface area contributed by atoms with Crippen LogP contribution >= 0.6 is 0 Å². The van der Waals surface area contributed by atoms with Gasteiger partial charge in [0.05, 0.1) is 18.6 Å². The van der Waals surface area contributed by atoms with Crippen LogP contribution < -0.4 is 5.32 Å². The number of carbonyl (C=O) groups is 1. The van der Waals surface area contributed by atoms with E-state index in [1.54, 1.807) is 7.11 Å². The summed E-state index contributed by atoms with van der Waals surface area (Å²) in [6.45, 7) is 6.79. The molecule has 2 rings (SSSR count). The molecule has 5 heteroatoms. The highest BCUT2D eigenvalue weighted by molar-refractivity contribution is 5.83. The van der Waals surface area contributed by atoms with E-state index in [4.69, 9.17) is 4.74 Å². The van der Waals surface area contributed by atoms with E-state index in [2.05, 4.69) is 16.3 Å². The maximum Gasteiger partial charge on any atom is 0.227 e. The number of aryl methyl sites for hydroxylation is 1. The molecule has 1 fully saturated rings. The van der Waals surface area contributed by atoms with Gasteiger partial charge in [0.25, 0.3) is 0 Å². The van der Waals surface area contributed by atoms with Crippen molar-refractivity contribution in [3.63, 3.8) is 0 Å². The van der Waals surface area contributed by atoms with Crippen LogP contribution in [0.3, 0.4) is 0 Å². The first-order chi connectivity index (χ1) is 11.5. The Bertz CT molecular complexity index is 527. The molecule has 1 aliphatic heterocycles. The monoisotopic (exact) mass is 334 g/mol. The Balaban J connectivity index is 1.78. The summed E-state index contributed by atoms with van der Waals surface area (Å²) in [5.74, 6) is -0.0371. The number of β-amino-alcohol motifs (C(OH)–C–C–N with tert-alkyl or cyclic N) is 1. The predicted octanol–water partition coefficient (Wildman–Crippen LogP) is 1.69. The van der Waals surface area contributed by atoms with E-state index in [1.807, 2.05) is 32.0 Å². The second kappa shape index (κ2) is 9.16. The van der Waals surface area contributed by atoms with Gasteiger partial charge in [-0.2, -0.15) is 0 Å². The van der Waals surface area contributed by atoms with Crippen molar-refractivity contribution >= 4 is 5.91 Å². The van der Waals surface area contributed by atoms with Gasteiger partial charge in [-0.3, -0.25) is 4.79 Å². The zero-order valence-electron chi connectivity index (χ0n) is 15.0. The van der Waals surface area contributed by atoms with Gasteiger partial charge in [0, 0.05) is 32.8 Å². The number of likely N-dealkylation sites (tertiary alicyclic amines) is 1. The van der Waals surface area contributed by atoms with Crippen molar-refractivity contribution in [2.24, 2.45) is 0 Å². The molecule has 24 heavy (non-hydrogen) atoms. The van der Waals surface area contributed by atoms with Gasteiger partial charge in [0.2, 0.25) is 5.91 Å². The topological polar surface area (TPSA) is 61.8 Å². The molecule has 1 amide bonds. The average Bonchev–Trinajstić information content (AvgIpc) is 2.56. The zero-order chi connectivity index (χ0) is 17.5. The van der Waals surface area contributed by atoms with Gasteiger partial charge in [-0.25, -0.2) is 0 Å². The van der Waals surface area contributed by atoms with E-state index in [1.165, 1.54) is 5.56 Å². The largest absolute Gasteiger partial charge is 0.389 e. The van der Waals surface area contributed by atoms with Crippen molar-refractivity contribution < 1.29 is 14.6 Å². The number of benzene rings is 1. The Kier molecular flexibility index (Phi) is 7.21. The van der Waals surface area contributed by atoms with E-state index in [0.29, 0.717) is 13.2 Å². The summed E-state index contributed by atoms with van der Waals surface area (Å²) in [7, 11) is 1.60. The smallest absolute Gasteiger partial charge is 0.227 e. The molecular weight excluding hydrogens is 304 g/mol. The molecule has 1 aliphatic rings. The van der Waals surface area contributed by atoms with Crippen molar-refractivity contribution in [3.05, 3.63) is 35.4 Å². The van der Waals surface area contributed by atoms with Gasteiger partial charge >= 0.3 is 0 Å². The Morgan fingerprint density at radius 2 is 2.12 bits per heavy atom. The molecule has 2 N–H and O–H groups in total. The van der Waals surface area contributed by atoms with Crippen LogP contribution in [-0.4, -0.2) is 61.4 Å². The fourth-order valence-electron chi connectivity index (χ4n) is 3.22. The highest BCUT2D eigenvalue weighted by Crippen LogP contribution is 2.18. The third-order valence-electron chi connectivity index (χ3n) is 4.70. The SMILES string of the molecule is COCC(O)CN1CCC(NC(=O)C(C)c2cccc(C)c2)CC1. The van der Waals surface area contributed by atoms with E-state index in [-0.39, 0.29) is 17.9 Å². The molecule has 0 radical (unpaired) electrons. The van der Waals surface area contributed by atoms with Crippen LogP contribution in [0, 0.1) is 6.92 Å². The van der Waals surface area contributed by atoms with Crippen LogP contribution in [0.4, 0.5) is 0 Å². The second-order valence-electron chi connectivity index (χ2n) is 6.83. The summed E-state index contributed by atoms with van der Waals surface area (Å²) in [4.78, 5) is 14.7. The van der Waals surface area contributed by atoms with Crippen LogP contribution in [0.5, 0.6) is 0 Å². The number of nitrogens with zero attached hydrogens (tertiary/aromatic N) is 1. The lowest BCUT2D eigenvalue weighted by atomic mass is 9.97. The van der Waals surface area contributed by atoms with Crippen molar-refractivity contribution in [1.29, 1.82) is 0 Å². The maximum atomic E-state index is 12.5. The van der Waals surface area contributed by atoms with Crippen LogP contribution in [0.2, 0.25) is 0 Å². The normalized spacial score (nSPS) is 19.0. The second-order valence-corrected chi connectivity index (χ2v) is 6.83. The number of amides is 1. The van der Waals surface area contributed by atoms with Crippen LogP contribution in [0.25, 0.3) is 0 Å². The number of hydrogen-bond donors (Lipinski definition) is 2. The number of aliphatic hydroxyl groups is 1. The molecule has 1 aromatic carbocycles. The Morgan fingerprint density at radius 3 is 2.75 bits per heavy atom. The minimum absolute atomic E-state index is 0.0958. The van der Waals surface area contributed by atoms with Crippen molar-refractivity contribution in [2.75, 3.05) is 33.4 Å². The summed E-state index contributed by atoms with van der Waals surface area (Å²) in [5.41, 5.74) is 2.24. The number of rotatable bonds is 7. The number of methoxy groups -OCH3 is 1. The third-order valence-corrected chi connectivity index (χ3v) is 4.70. The van der Waals surface area contributed by atoms with E-state index >= 15 is 0 Å². The van der Waals surface area contributed by atoms with Crippen LogP contribution in [0.1, 0.15) is 36.8 Å². The molecule has 0 bridgehead atoms. The molecule has 0 saturated carbocycles. The molecule has 1 saturated heterocycles. The maximum absolute atomic E-state index is 12.5. The fraction of sp³-hybridized carbons (Fsp3) is 0.632. The van der Waals surface area contributed by atoms with Gasteiger partial charge in [-0.05, 0) is 32.3 Å². The molecule has 0 spiro atoms. The van der Waals surface area contributed by atoms with Crippen LogP contribution in [-0.2, 0) is 9.53 Å². The minimum Gasteiger partial charge on any atom is -0.389 e. The van der Waals surface area contributed by atoms with E-state index in [0.717, 1.165) is 31.5 Å². The summed E-state index contributed by atoms with van der Waals surface area (Å²) in [6, 6.07) is 8.35. The summed E-state index contributed by atoms with van der Waals surface area (Å²) < 4.78 is 4.96. The highest BCUT2D eigenvalue weighted by Gasteiger charge is 2.24. The number of aliphatic hydroxyl groups excluding tert-OH is 1. The number of carbonyl (C=O) groups excluding carboxylic acids is 1. The highest BCUT2D eigenvalue weighted by atomic mass is 16.5. The average molecular weight is 334 g/mol. The fourth-order valence-corrected chi connectivity index (χ4v) is 3.22. The molecule has 1 heterocycles. The molecule has 2 atom stereocenters. The van der Waals surface area contributed by atoms with Crippen LogP contribution in [0.15, 0.2) is 24.3 Å². The first kappa shape index (κ1) is 18.9. The first-order valence-electron chi connectivity index (χ1n) is 8.76. The third kappa shape index (κ3) is 5.58. The van der Waals surface area contributed by atoms with Gasteiger partial charge < -0.3 is 20.1 Å².